The van der Waals surface area contributed by atoms with Crippen LogP contribution < -0.4 is 0 Å². The van der Waals surface area contributed by atoms with Crippen molar-refractivity contribution in [1.29, 1.82) is 0 Å². The van der Waals surface area contributed by atoms with Gasteiger partial charge in [0.05, 0.1) is 18.0 Å². The number of nitrogens with zero attached hydrogens (tertiary/aromatic N) is 4. The maximum absolute atomic E-state index is 12.1. The molecule has 0 unspecified atom stereocenters. The summed E-state index contributed by atoms with van der Waals surface area (Å²) in [6, 6.07) is 2.33. The first-order chi connectivity index (χ1) is 10.8. The molecule has 1 amide bonds. The third-order valence-electron chi connectivity index (χ3n) is 3.94. The second-order valence-electron chi connectivity index (χ2n) is 6.85. The number of piperidine rings is 1. The largest absolute Gasteiger partial charge is 0.444 e. The maximum atomic E-state index is 12.1. The number of carbonyl (C=O) groups excluding carboxylic acids is 1. The van der Waals surface area contributed by atoms with E-state index in [0.717, 1.165) is 28.5 Å². The molecule has 1 saturated heterocycles. The van der Waals surface area contributed by atoms with Gasteiger partial charge in [0, 0.05) is 19.1 Å². The average molecular weight is 381 g/mol. The van der Waals surface area contributed by atoms with Gasteiger partial charge in [-0.2, -0.15) is 0 Å². The van der Waals surface area contributed by atoms with E-state index in [0.29, 0.717) is 19.1 Å². The molecule has 7 heteroatoms. The zero-order chi connectivity index (χ0) is 16.6. The molecule has 3 rings (SSSR count). The van der Waals surface area contributed by atoms with Crippen LogP contribution in [0.5, 0.6) is 0 Å². The van der Waals surface area contributed by atoms with Gasteiger partial charge in [0.1, 0.15) is 15.7 Å². The number of imidazole rings is 1. The molecule has 23 heavy (non-hydrogen) atoms. The van der Waals surface area contributed by atoms with E-state index in [1.807, 2.05) is 33.2 Å². The van der Waals surface area contributed by atoms with Crippen molar-refractivity contribution in [2.24, 2.45) is 0 Å². The summed E-state index contributed by atoms with van der Waals surface area (Å²) in [7, 11) is 0. The molecule has 0 atom stereocenters. The minimum Gasteiger partial charge on any atom is -0.444 e. The molecule has 1 aliphatic heterocycles. The van der Waals surface area contributed by atoms with Crippen molar-refractivity contribution in [1.82, 2.24) is 19.4 Å². The summed E-state index contributed by atoms with van der Waals surface area (Å²) < 4.78 is 8.43. The molecule has 2 aromatic heterocycles. The van der Waals surface area contributed by atoms with Crippen molar-refractivity contribution in [3.63, 3.8) is 0 Å². The van der Waals surface area contributed by atoms with E-state index >= 15 is 0 Å². The van der Waals surface area contributed by atoms with Crippen molar-refractivity contribution in [3.8, 4) is 0 Å². The quantitative estimate of drug-likeness (QED) is 0.706. The van der Waals surface area contributed by atoms with Gasteiger partial charge in [-0.1, -0.05) is 0 Å². The lowest BCUT2D eigenvalue weighted by molar-refractivity contribution is 0.0189. The molecule has 1 aliphatic rings. The molecule has 2 aromatic rings. The fourth-order valence-corrected chi connectivity index (χ4v) is 3.17. The van der Waals surface area contributed by atoms with Crippen LogP contribution in [0.3, 0.4) is 0 Å². The molecule has 0 bridgehead atoms. The fraction of sp³-hybridized carbons (Fsp3) is 0.562. The number of hydrogen-bond acceptors (Lipinski definition) is 4. The van der Waals surface area contributed by atoms with Crippen LogP contribution in [0.4, 0.5) is 4.79 Å². The van der Waals surface area contributed by atoms with Crippen molar-refractivity contribution >= 4 is 33.1 Å². The topological polar surface area (TPSA) is 60.2 Å². The number of fused-ring (bicyclic) bond motifs is 1. The van der Waals surface area contributed by atoms with Crippen LogP contribution in [0.15, 0.2) is 23.2 Å². The van der Waals surface area contributed by atoms with E-state index < -0.39 is 5.60 Å². The van der Waals surface area contributed by atoms with Gasteiger partial charge in [-0.15, -0.1) is 0 Å². The number of rotatable bonds is 1. The number of halogens is 1. The highest BCUT2D eigenvalue weighted by atomic mass is 79.9. The molecule has 0 saturated carbocycles. The Balaban J connectivity index is 1.69. The van der Waals surface area contributed by atoms with Gasteiger partial charge in [0.2, 0.25) is 0 Å². The standard InChI is InChI=1S/C16H21BrN4O2/c1-16(2,3)23-15(22)20-6-4-11(5-7-20)21-10-19-12-9-18-14(17)8-13(12)21/h8-11H,4-7H2,1-3H3. The third kappa shape index (κ3) is 3.65. The van der Waals surface area contributed by atoms with Gasteiger partial charge in [-0.3, -0.25) is 0 Å². The number of likely N-dealkylation sites (tertiary alicyclic amines) is 1. The van der Waals surface area contributed by atoms with Gasteiger partial charge in [-0.25, -0.2) is 14.8 Å². The Hall–Kier alpha value is -1.63. The van der Waals surface area contributed by atoms with Crippen LogP contribution in [0.1, 0.15) is 39.7 Å². The van der Waals surface area contributed by atoms with Crippen molar-refractivity contribution in [3.05, 3.63) is 23.2 Å². The Bertz CT molecular complexity index is 714. The first-order valence-electron chi connectivity index (χ1n) is 7.79. The lowest BCUT2D eigenvalue weighted by Gasteiger charge is -2.34. The van der Waals surface area contributed by atoms with E-state index in [1.165, 1.54) is 0 Å². The Kier molecular flexibility index (Phi) is 4.31. The van der Waals surface area contributed by atoms with Crippen molar-refractivity contribution in [2.45, 2.75) is 45.3 Å². The first kappa shape index (κ1) is 16.2. The molecule has 6 nitrogen and oxygen atoms in total. The van der Waals surface area contributed by atoms with Gasteiger partial charge < -0.3 is 14.2 Å². The van der Waals surface area contributed by atoms with Gasteiger partial charge in [-0.05, 0) is 55.6 Å². The second kappa shape index (κ2) is 6.11. The number of pyridine rings is 1. The highest BCUT2D eigenvalue weighted by Gasteiger charge is 2.28. The molecule has 3 heterocycles. The highest BCUT2D eigenvalue weighted by molar-refractivity contribution is 9.10. The molecule has 124 valence electrons. The van der Waals surface area contributed by atoms with Gasteiger partial charge in [0.15, 0.2) is 0 Å². The predicted molar refractivity (Wildman–Crippen MR) is 91.3 cm³/mol. The monoisotopic (exact) mass is 380 g/mol. The van der Waals surface area contributed by atoms with Crippen LogP contribution >= 0.6 is 15.9 Å². The lowest BCUT2D eigenvalue weighted by atomic mass is 10.1. The molecule has 1 fully saturated rings. The molecular weight excluding hydrogens is 360 g/mol. The fourth-order valence-electron chi connectivity index (χ4n) is 2.85. The van der Waals surface area contributed by atoms with Gasteiger partial charge in [0.25, 0.3) is 0 Å². The van der Waals surface area contributed by atoms with E-state index in [9.17, 15) is 4.79 Å². The first-order valence-corrected chi connectivity index (χ1v) is 8.59. The van der Waals surface area contributed by atoms with E-state index in [2.05, 4.69) is 30.5 Å². The summed E-state index contributed by atoms with van der Waals surface area (Å²) in [6.07, 6.45) is 5.20. The SMILES string of the molecule is CC(C)(C)OC(=O)N1CCC(n2cnc3cnc(Br)cc32)CC1. The Morgan fingerprint density at radius 2 is 2.00 bits per heavy atom. The summed E-state index contributed by atoms with van der Waals surface area (Å²) in [5.41, 5.74) is 1.51. The molecule has 0 N–H and O–H groups in total. The Labute approximate surface area is 144 Å². The third-order valence-corrected chi connectivity index (χ3v) is 4.37. The number of carbonyl (C=O) groups is 1. The maximum Gasteiger partial charge on any atom is 0.410 e. The minimum atomic E-state index is -0.451. The lowest BCUT2D eigenvalue weighted by Crippen LogP contribution is -2.42. The minimum absolute atomic E-state index is 0.224. The summed E-state index contributed by atoms with van der Waals surface area (Å²) >= 11 is 3.41. The molecule has 0 radical (unpaired) electrons. The van der Waals surface area contributed by atoms with Crippen LogP contribution in [-0.4, -0.2) is 44.2 Å². The summed E-state index contributed by atoms with van der Waals surface area (Å²) in [4.78, 5) is 22.5. The molecule has 0 spiro atoms. The zero-order valence-electron chi connectivity index (χ0n) is 13.6. The normalized spacial score (nSPS) is 16.8. The van der Waals surface area contributed by atoms with E-state index in [4.69, 9.17) is 4.74 Å². The van der Waals surface area contributed by atoms with Crippen molar-refractivity contribution < 1.29 is 9.53 Å². The highest BCUT2D eigenvalue weighted by Crippen LogP contribution is 2.28. The van der Waals surface area contributed by atoms with Crippen LogP contribution in [0, 0.1) is 0 Å². The van der Waals surface area contributed by atoms with Crippen LogP contribution in [0.2, 0.25) is 0 Å². The smallest absolute Gasteiger partial charge is 0.410 e. The Morgan fingerprint density at radius 1 is 1.30 bits per heavy atom. The van der Waals surface area contributed by atoms with E-state index in [1.54, 1.807) is 11.1 Å². The number of aromatic nitrogens is 3. The van der Waals surface area contributed by atoms with E-state index in [-0.39, 0.29) is 6.09 Å². The summed E-state index contributed by atoms with van der Waals surface area (Å²) in [5, 5.41) is 0. The second-order valence-corrected chi connectivity index (χ2v) is 7.66. The molecule has 0 aliphatic carbocycles. The van der Waals surface area contributed by atoms with Crippen LogP contribution in [-0.2, 0) is 4.74 Å². The summed E-state index contributed by atoms with van der Waals surface area (Å²) in [6.45, 7) is 7.07. The number of amides is 1. The van der Waals surface area contributed by atoms with Gasteiger partial charge >= 0.3 is 6.09 Å². The average Bonchev–Trinajstić information content (AvgIpc) is 2.88. The van der Waals surface area contributed by atoms with Crippen molar-refractivity contribution in [2.75, 3.05) is 13.1 Å². The Morgan fingerprint density at radius 3 is 2.65 bits per heavy atom. The number of ether oxygens (including phenoxy) is 1. The molecular formula is C16H21BrN4O2. The van der Waals surface area contributed by atoms with Crippen LogP contribution in [0.25, 0.3) is 11.0 Å². The zero-order valence-corrected chi connectivity index (χ0v) is 15.2. The predicted octanol–water partition coefficient (Wildman–Crippen LogP) is 3.77. The summed E-state index contributed by atoms with van der Waals surface area (Å²) in [5.74, 6) is 0. The number of hydrogen-bond donors (Lipinski definition) is 0. The molecule has 0 aromatic carbocycles.